The van der Waals surface area contributed by atoms with Gasteiger partial charge in [-0.15, -0.1) is 0 Å². The Bertz CT molecular complexity index is 522. The molecule has 1 aromatic rings. The van der Waals surface area contributed by atoms with E-state index in [0.717, 1.165) is 18.8 Å². The van der Waals surface area contributed by atoms with E-state index in [1.807, 2.05) is 6.92 Å². The zero-order chi connectivity index (χ0) is 16.7. The van der Waals surface area contributed by atoms with E-state index in [9.17, 15) is 9.59 Å². The van der Waals surface area contributed by atoms with E-state index in [1.54, 1.807) is 24.3 Å². The van der Waals surface area contributed by atoms with Crippen molar-refractivity contribution in [3.63, 3.8) is 0 Å². The van der Waals surface area contributed by atoms with E-state index in [-0.39, 0.29) is 11.8 Å². The smallest absolute Gasteiger partial charge is 0.251 e. The lowest BCUT2D eigenvalue weighted by molar-refractivity contribution is -0.117. The maximum atomic E-state index is 12.2. The lowest BCUT2D eigenvalue weighted by atomic mass is 9.85. The molecule has 1 saturated heterocycles. The van der Waals surface area contributed by atoms with Crippen LogP contribution in [0.2, 0.25) is 0 Å². The Hall–Kier alpha value is -1.88. The van der Waals surface area contributed by atoms with Gasteiger partial charge in [0, 0.05) is 24.2 Å². The highest BCUT2D eigenvalue weighted by Crippen LogP contribution is 2.23. The Kier molecular flexibility index (Phi) is 6.59. The predicted octanol–water partition coefficient (Wildman–Crippen LogP) is 2.40. The number of carbonyl (C=O) groups excluding carboxylic acids is 2. The minimum atomic E-state index is -0.0937. The van der Waals surface area contributed by atoms with Gasteiger partial charge in [-0.25, -0.2) is 0 Å². The summed E-state index contributed by atoms with van der Waals surface area (Å²) >= 11 is 0. The number of nitrogens with one attached hydrogen (secondary N) is 3. The van der Waals surface area contributed by atoms with Crippen LogP contribution in [0.15, 0.2) is 24.3 Å². The molecule has 2 amide bonds. The monoisotopic (exact) mass is 317 g/mol. The summed E-state index contributed by atoms with van der Waals surface area (Å²) in [6.07, 6.45) is 2.92. The highest BCUT2D eigenvalue weighted by molar-refractivity contribution is 5.95. The normalized spacial score (nSPS) is 19.0. The Labute approximate surface area is 138 Å². The molecule has 0 spiro atoms. The van der Waals surface area contributed by atoms with E-state index in [1.165, 1.54) is 12.8 Å². The summed E-state index contributed by atoms with van der Waals surface area (Å²) in [4.78, 5) is 23.9. The van der Waals surface area contributed by atoms with Crippen LogP contribution in [0.4, 0.5) is 5.69 Å². The molecule has 1 aromatic carbocycles. The van der Waals surface area contributed by atoms with Crippen molar-refractivity contribution in [3.05, 3.63) is 29.8 Å². The molecular formula is C18H27N3O2. The van der Waals surface area contributed by atoms with Crippen molar-refractivity contribution in [2.45, 2.75) is 33.1 Å². The number of hydrogen-bond donors (Lipinski definition) is 3. The lowest BCUT2D eigenvalue weighted by Crippen LogP contribution is -2.34. The molecule has 1 aliphatic heterocycles. The fourth-order valence-electron chi connectivity index (χ4n) is 3.00. The first kappa shape index (κ1) is 17.5. The first-order chi connectivity index (χ1) is 11.1. The van der Waals surface area contributed by atoms with Crippen molar-refractivity contribution in [3.8, 4) is 0 Å². The van der Waals surface area contributed by atoms with Gasteiger partial charge in [0.25, 0.3) is 5.91 Å². The van der Waals surface area contributed by atoms with Crippen LogP contribution in [0.1, 0.15) is 43.5 Å². The van der Waals surface area contributed by atoms with E-state index < -0.39 is 0 Å². The number of piperidine rings is 1. The van der Waals surface area contributed by atoms with E-state index in [4.69, 9.17) is 0 Å². The number of amides is 2. The fourth-order valence-corrected chi connectivity index (χ4v) is 3.00. The number of benzene rings is 1. The van der Waals surface area contributed by atoms with Crippen molar-refractivity contribution < 1.29 is 9.59 Å². The second-order valence-corrected chi connectivity index (χ2v) is 6.27. The number of anilines is 1. The first-order valence-electron chi connectivity index (χ1n) is 8.49. The van der Waals surface area contributed by atoms with Gasteiger partial charge in [0.05, 0.1) is 0 Å². The molecule has 0 aliphatic carbocycles. The molecule has 1 aliphatic rings. The van der Waals surface area contributed by atoms with Crippen LogP contribution >= 0.6 is 0 Å². The van der Waals surface area contributed by atoms with E-state index in [2.05, 4.69) is 22.9 Å². The summed E-state index contributed by atoms with van der Waals surface area (Å²) in [6, 6.07) is 7.01. The number of rotatable bonds is 6. The summed E-state index contributed by atoms with van der Waals surface area (Å²) in [5.41, 5.74) is 1.34. The predicted molar refractivity (Wildman–Crippen MR) is 92.5 cm³/mol. The second-order valence-electron chi connectivity index (χ2n) is 6.27. The third kappa shape index (κ3) is 5.36. The molecule has 23 heavy (non-hydrogen) atoms. The van der Waals surface area contributed by atoms with Crippen LogP contribution < -0.4 is 16.0 Å². The molecule has 1 heterocycles. The summed E-state index contributed by atoms with van der Waals surface area (Å²) in [5.74, 6) is 0.893. The van der Waals surface area contributed by atoms with Gasteiger partial charge in [-0.05, 0) is 69.0 Å². The van der Waals surface area contributed by atoms with Gasteiger partial charge in [0.15, 0.2) is 0 Å². The summed E-state index contributed by atoms with van der Waals surface area (Å²) < 4.78 is 0. The highest BCUT2D eigenvalue weighted by atomic mass is 16.2. The maximum absolute atomic E-state index is 12.2. The van der Waals surface area contributed by atoms with Crippen molar-refractivity contribution in [1.29, 1.82) is 0 Å². The molecule has 0 bridgehead atoms. The van der Waals surface area contributed by atoms with Crippen molar-refractivity contribution >= 4 is 17.5 Å². The molecule has 2 unspecified atom stereocenters. The van der Waals surface area contributed by atoms with Gasteiger partial charge in [0.2, 0.25) is 5.91 Å². The lowest BCUT2D eigenvalue weighted by Gasteiger charge is -2.28. The Morgan fingerprint density at radius 3 is 2.65 bits per heavy atom. The van der Waals surface area contributed by atoms with Crippen molar-refractivity contribution in [2.75, 3.05) is 25.0 Å². The van der Waals surface area contributed by atoms with Gasteiger partial charge in [0.1, 0.15) is 0 Å². The molecule has 2 rings (SSSR count). The molecule has 2 atom stereocenters. The minimum absolute atomic E-state index is 0.0360. The number of hydrogen-bond acceptors (Lipinski definition) is 3. The van der Waals surface area contributed by atoms with Crippen molar-refractivity contribution in [1.82, 2.24) is 10.6 Å². The average Bonchev–Trinajstić information content (AvgIpc) is 2.56. The largest absolute Gasteiger partial charge is 0.352 e. The molecule has 5 nitrogen and oxygen atoms in total. The SMILES string of the molecule is CCNC(=O)c1ccc(NC(=O)CC(C)C2CCCNC2)cc1. The minimum Gasteiger partial charge on any atom is -0.352 e. The van der Waals surface area contributed by atoms with E-state index >= 15 is 0 Å². The third-order valence-corrected chi connectivity index (χ3v) is 4.42. The van der Waals surface area contributed by atoms with Gasteiger partial charge >= 0.3 is 0 Å². The fraction of sp³-hybridized carbons (Fsp3) is 0.556. The van der Waals surface area contributed by atoms with Gasteiger partial charge in [-0.2, -0.15) is 0 Å². The molecular weight excluding hydrogens is 290 g/mol. The Morgan fingerprint density at radius 2 is 2.04 bits per heavy atom. The van der Waals surface area contributed by atoms with Crippen molar-refractivity contribution in [2.24, 2.45) is 11.8 Å². The molecule has 1 fully saturated rings. The van der Waals surface area contributed by atoms with Gasteiger partial charge < -0.3 is 16.0 Å². The van der Waals surface area contributed by atoms with E-state index in [0.29, 0.717) is 30.4 Å². The van der Waals surface area contributed by atoms with Crippen LogP contribution in [0.25, 0.3) is 0 Å². The standard InChI is InChI=1S/C18H27N3O2/c1-3-20-18(23)14-6-8-16(9-7-14)21-17(22)11-13(2)15-5-4-10-19-12-15/h6-9,13,15,19H,3-5,10-12H2,1-2H3,(H,20,23)(H,21,22). The summed E-state index contributed by atoms with van der Waals surface area (Å²) in [5, 5.41) is 9.07. The Morgan fingerprint density at radius 1 is 1.30 bits per heavy atom. The molecule has 126 valence electrons. The number of carbonyl (C=O) groups is 2. The maximum Gasteiger partial charge on any atom is 0.251 e. The molecule has 0 aromatic heterocycles. The highest BCUT2D eigenvalue weighted by Gasteiger charge is 2.22. The van der Waals surface area contributed by atoms with Crippen LogP contribution in [-0.2, 0) is 4.79 Å². The quantitative estimate of drug-likeness (QED) is 0.754. The molecule has 0 saturated carbocycles. The Balaban J connectivity index is 1.83. The van der Waals surface area contributed by atoms with Crippen LogP contribution in [0.3, 0.4) is 0 Å². The van der Waals surface area contributed by atoms with Crippen LogP contribution in [0.5, 0.6) is 0 Å². The van der Waals surface area contributed by atoms with Crippen LogP contribution in [-0.4, -0.2) is 31.4 Å². The topological polar surface area (TPSA) is 70.2 Å². The first-order valence-corrected chi connectivity index (χ1v) is 8.49. The second kappa shape index (κ2) is 8.67. The summed E-state index contributed by atoms with van der Waals surface area (Å²) in [7, 11) is 0. The average molecular weight is 317 g/mol. The third-order valence-electron chi connectivity index (χ3n) is 4.42. The zero-order valence-electron chi connectivity index (χ0n) is 14.0. The summed E-state index contributed by atoms with van der Waals surface area (Å²) in [6.45, 7) is 6.74. The van der Waals surface area contributed by atoms with Crippen LogP contribution in [0, 0.1) is 11.8 Å². The molecule has 0 radical (unpaired) electrons. The molecule has 3 N–H and O–H groups in total. The van der Waals surface area contributed by atoms with Gasteiger partial charge in [-0.1, -0.05) is 6.92 Å². The molecule has 5 heteroatoms. The zero-order valence-corrected chi connectivity index (χ0v) is 14.0. The van der Waals surface area contributed by atoms with Gasteiger partial charge in [-0.3, -0.25) is 9.59 Å².